The molecule has 9 rings (SSSR count). The first kappa shape index (κ1) is 43.0. The van der Waals surface area contributed by atoms with Crippen molar-refractivity contribution < 1.29 is 119 Å². The average Bonchev–Trinajstić information content (AvgIpc) is 3.28. The Bertz CT molecular complexity index is 3490. The molecule has 4 heterocycles. The van der Waals surface area contributed by atoms with Crippen LogP contribution in [0.25, 0.3) is 55.0 Å². The summed E-state index contributed by atoms with van der Waals surface area (Å²) in [6.07, 6.45) is -11.7. The lowest BCUT2D eigenvalue weighted by molar-refractivity contribution is -0.284. The van der Waals surface area contributed by atoms with Gasteiger partial charge in [-0.25, -0.2) is 24.0 Å². The zero-order valence-electron chi connectivity index (χ0n) is 32.6. The number of carbonyl (C=O) groups excluding carboxylic acids is 3. The van der Waals surface area contributed by atoms with E-state index in [4.69, 9.17) is 27.8 Å². The fourth-order valence-electron chi connectivity index (χ4n) is 8.10. The van der Waals surface area contributed by atoms with Crippen molar-refractivity contribution in [3.63, 3.8) is 0 Å². The van der Waals surface area contributed by atoms with Gasteiger partial charge in [0.1, 0.15) is 6.10 Å². The number of ether oxygens (including phenoxy) is 4. The molecule has 5 aromatic carbocycles. The van der Waals surface area contributed by atoms with Gasteiger partial charge in [0.15, 0.2) is 81.8 Å². The van der Waals surface area contributed by atoms with E-state index in [-0.39, 0.29) is 0 Å². The van der Waals surface area contributed by atoms with E-state index in [0.29, 0.717) is 24.3 Å². The highest BCUT2D eigenvalue weighted by atomic mass is 16.7. The molecule has 5 atom stereocenters. The number of aromatic hydroxyl groups is 13. The summed E-state index contributed by atoms with van der Waals surface area (Å²) in [5.74, 6) is -22.6. The van der Waals surface area contributed by atoms with Gasteiger partial charge in [-0.05, 0) is 24.3 Å². The first-order valence-corrected chi connectivity index (χ1v) is 18.7. The molecule has 1 fully saturated rings. The number of esters is 3. The van der Waals surface area contributed by atoms with Crippen molar-refractivity contribution in [2.75, 3.05) is 6.61 Å². The van der Waals surface area contributed by atoms with Crippen LogP contribution in [0, 0.1) is 0 Å². The Kier molecular flexibility index (Phi) is 9.39. The average molecular weight is 935 g/mol. The van der Waals surface area contributed by atoms with Crippen molar-refractivity contribution in [1.82, 2.24) is 0 Å². The van der Waals surface area contributed by atoms with E-state index in [2.05, 4.69) is 0 Å². The lowest BCUT2D eigenvalue weighted by atomic mass is 9.90. The number of aliphatic hydroxyl groups excluding tert-OH is 2. The number of hydrogen-bond acceptors (Lipinski definition) is 26. The Labute approximate surface area is 365 Å². The Morgan fingerprint density at radius 1 is 0.522 bits per heavy atom. The van der Waals surface area contributed by atoms with Crippen LogP contribution in [0.15, 0.2) is 42.7 Å². The summed E-state index contributed by atoms with van der Waals surface area (Å²) >= 11 is 0. The monoisotopic (exact) mass is 934 g/mol. The van der Waals surface area contributed by atoms with Crippen molar-refractivity contribution in [2.45, 2.75) is 30.7 Å². The lowest BCUT2D eigenvalue weighted by Crippen LogP contribution is -2.62. The highest BCUT2D eigenvalue weighted by Crippen LogP contribution is 2.56. The predicted octanol–water partition coefficient (Wildman–Crippen LogP) is 0.997. The minimum absolute atomic E-state index is 0.357. The molecule has 26 nitrogen and oxygen atoms in total. The molecule has 0 saturated carbocycles. The van der Waals surface area contributed by atoms with Crippen LogP contribution >= 0.6 is 0 Å². The highest BCUT2D eigenvalue weighted by molar-refractivity contribution is 6.26. The molecule has 0 bridgehead atoms. The van der Waals surface area contributed by atoms with Crippen LogP contribution in [0.1, 0.15) is 31.1 Å². The van der Waals surface area contributed by atoms with Gasteiger partial charge in [-0.3, -0.25) is 0 Å². The van der Waals surface area contributed by atoms with Gasteiger partial charge in [-0.15, -0.1) is 0 Å². The van der Waals surface area contributed by atoms with E-state index in [1.807, 2.05) is 0 Å². The van der Waals surface area contributed by atoms with E-state index in [1.165, 1.54) is 0 Å². The summed E-state index contributed by atoms with van der Waals surface area (Å²) in [7, 11) is 0. The summed E-state index contributed by atoms with van der Waals surface area (Å²) in [5, 5.41) is 158. The predicted molar refractivity (Wildman–Crippen MR) is 212 cm³/mol. The second-order valence-corrected chi connectivity index (χ2v) is 14.8. The number of fused-ring (bicyclic) bond motifs is 4. The Hall–Kier alpha value is -9.27. The fraction of sp³-hybridized carbons (Fsp3) is 0.146. The first-order valence-electron chi connectivity index (χ1n) is 18.7. The molecular formula is C41H26O26. The zero-order valence-corrected chi connectivity index (χ0v) is 32.6. The van der Waals surface area contributed by atoms with E-state index < -0.39 is 213 Å². The number of aliphatic hydroxyl groups is 2. The van der Waals surface area contributed by atoms with Crippen LogP contribution in [-0.2, 0) is 18.9 Å². The van der Waals surface area contributed by atoms with Crippen molar-refractivity contribution in [1.29, 1.82) is 0 Å². The topological polar surface area (TPSA) is 452 Å². The van der Waals surface area contributed by atoms with Gasteiger partial charge in [0.05, 0.1) is 34.1 Å². The minimum Gasteiger partial charge on any atom is -0.504 e. The van der Waals surface area contributed by atoms with Crippen LogP contribution in [0.2, 0.25) is 0 Å². The van der Waals surface area contributed by atoms with Crippen molar-refractivity contribution in [3.05, 3.63) is 61.8 Å². The van der Waals surface area contributed by atoms with Crippen LogP contribution < -0.4 is 11.3 Å². The summed E-state index contributed by atoms with van der Waals surface area (Å²) in [6, 6.07) is 1.92. The maximum absolute atomic E-state index is 14.5. The summed E-state index contributed by atoms with van der Waals surface area (Å²) < 4.78 is 32.1. The molecule has 0 radical (unpaired) electrons. The molecule has 5 unspecified atom stereocenters. The quantitative estimate of drug-likeness (QED) is 0.0385. The molecular weight excluding hydrogens is 908 g/mol. The van der Waals surface area contributed by atoms with Crippen molar-refractivity contribution in [3.8, 4) is 97.0 Å². The van der Waals surface area contributed by atoms with Crippen LogP contribution in [0.3, 0.4) is 0 Å². The Balaban J connectivity index is 1.24. The summed E-state index contributed by atoms with van der Waals surface area (Å²) in [6.45, 7) is -1.27. The van der Waals surface area contributed by atoms with Gasteiger partial charge in [0, 0.05) is 33.0 Å². The number of phenolic OH excluding ortho intramolecular Hbond substituents is 13. The molecule has 15 N–H and O–H groups in total. The maximum atomic E-state index is 14.5. The number of hydrogen-bond donors (Lipinski definition) is 15. The van der Waals surface area contributed by atoms with E-state index in [1.54, 1.807) is 0 Å². The normalized spacial score (nSPS) is 19.4. The molecule has 1 saturated heterocycles. The fourth-order valence-corrected chi connectivity index (χ4v) is 8.10. The standard InChI is InChI=1S/C41H26O26/c42-5-14-31(34-35(41(61)62-14)67-38(58)7-2-11(44)23(48)27(52)16(7)15-6(37(57)66-34)1-10(43)22(47)26(15)51)63-36(56)8-3-12(45)24(49)28(53)17(8)19-21-20-18-9(39(59)64-33(20)30(55)29(19)54)4-13(46)25(50)32(18)65-40(21)60/h1-4,14,31,34-35,41-55,61H,5H2. The summed E-state index contributed by atoms with van der Waals surface area (Å²) in [5.41, 5.74) is -12.4. The second kappa shape index (κ2) is 14.6. The SMILES string of the molecule is O=C1OC2C(O)OC(CO)C(OC(=O)c3cc(O)c(O)c(O)c3-c3c(O)c(O)c4oc(=O)c5cc(O)c(O)c6oc(=O)c3c4c65)C2OC(=O)c2cc(O)c(O)c(O)c2-c2c1cc(O)c(O)c2O. The molecule has 2 aromatic heterocycles. The first-order chi connectivity index (χ1) is 31.6. The highest BCUT2D eigenvalue weighted by Gasteiger charge is 2.53. The van der Waals surface area contributed by atoms with Gasteiger partial charge in [-0.2, -0.15) is 0 Å². The number of benzene rings is 5. The van der Waals surface area contributed by atoms with E-state index in [0.717, 1.165) is 0 Å². The molecule has 2 aliphatic rings. The third kappa shape index (κ3) is 5.97. The second-order valence-electron chi connectivity index (χ2n) is 14.8. The van der Waals surface area contributed by atoms with Gasteiger partial charge < -0.3 is 104 Å². The van der Waals surface area contributed by atoms with Crippen LogP contribution in [0.4, 0.5) is 0 Å². The van der Waals surface area contributed by atoms with Gasteiger partial charge in [-0.1, -0.05) is 0 Å². The van der Waals surface area contributed by atoms with Gasteiger partial charge in [0.25, 0.3) is 0 Å². The largest absolute Gasteiger partial charge is 0.504 e. The van der Waals surface area contributed by atoms with Crippen LogP contribution in [-0.4, -0.2) is 132 Å². The minimum atomic E-state index is -2.45. The molecule has 2 aliphatic heterocycles. The molecule has 0 aliphatic carbocycles. The number of carbonyl (C=O) groups is 3. The summed E-state index contributed by atoms with van der Waals surface area (Å²) in [4.78, 5) is 69.3. The number of phenols is 13. The van der Waals surface area contributed by atoms with Crippen LogP contribution in [0.5, 0.6) is 74.7 Å². The Morgan fingerprint density at radius 3 is 1.57 bits per heavy atom. The third-order valence-corrected chi connectivity index (χ3v) is 11.1. The molecule has 26 heteroatoms. The molecule has 346 valence electrons. The third-order valence-electron chi connectivity index (χ3n) is 11.1. The van der Waals surface area contributed by atoms with Crippen molar-refractivity contribution >= 4 is 50.6 Å². The molecule has 7 aromatic rings. The van der Waals surface area contributed by atoms with E-state index >= 15 is 0 Å². The zero-order chi connectivity index (χ0) is 48.6. The molecule has 0 amide bonds. The van der Waals surface area contributed by atoms with E-state index in [9.17, 15) is 101 Å². The number of rotatable bonds is 4. The van der Waals surface area contributed by atoms with Crippen molar-refractivity contribution in [2.24, 2.45) is 0 Å². The molecule has 67 heavy (non-hydrogen) atoms. The van der Waals surface area contributed by atoms with Gasteiger partial charge >= 0.3 is 29.2 Å². The molecule has 0 spiro atoms. The van der Waals surface area contributed by atoms with Gasteiger partial charge in [0.2, 0.25) is 28.7 Å². The smallest absolute Gasteiger partial charge is 0.345 e. The Morgan fingerprint density at radius 2 is 1.00 bits per heavy atom. The lowest BCUT2D eigenvalue weighted by Gasteiger charge is -2.43. The maximum Gasteiger partial charge on any atom is 0.345 e.